The Morgan fingerprint density at radius 2 is 2.17 bits per heavy atom. The van der Waals surface area contributed by atoms with Crippen LogP contribution in [0.3, 0.4) is 0 Å². The number of imidazole rings is 1. The molecule has 2 N–H and O–H groups in total. The zero-order chi connectivity index (χ0) is 17.2. The van der Waals surface area contributed by atoms with Crippen LogP contribution in [0.2, 0.25) is 0 Å². The minimum Gasteiger partial charge on any atom is -0.406 e. The lowest BCUT2D eigenvalue weighted by molar-refractivity contribution is -0.274. The maximum Gasteiger partial charge on any atom is 0.573 e. The van der Waals surface area contributed by atoms with Gasteiger partial charge < -0.3 is 15.2 Å². The van der Waals surface area contributed by atoms with Gasteiger partial charge in [0.15, 0.2) is 0 Å². The normalized spacial score (nSPS) is 11.8. The van der Waals surface area contributed by atoms with E-state index in [0.717, 1.165) is 0 Å². The molecule has 0 fully saturated rings. The van der Waals surface area contributed by atoms with Gasteiger partial charge in [0.2, 0.25) is 10.1 Å². The number of hydrogen-bond acceptors (Lipinski definition) is 6. The summed E-state index contributed by atoms with van der Waals surface area (Å²) in [6.45, 7) is 0.687. The van der Waals surface area contributed by atoms with E-state index in [2.05, 4.69) is 20.1 Å². The van der Waals surface area contributed by atoms with Crippen molar-refractivity contribution in [3.8, 4) is 17.0 Å². The minimum absolute atomic E-state index is 0.0932. The van der Waals surface area contributed by atoms with Crippen LogP contribution in [-0.2, 0) is 0 Å². The van der Waals surface area contributed by atoms with E-state index in [1.807, 2.05) is 0 Å². The molecular formula is C14H13F3N4O2S. The summed E-state index contributed by atoms with van der Waals surface area (Å²) in [5.41, 5.74) is 1.01. The molecule has 10 heteroatoms. The summed E-state index contributed by atoms with van der Waals surface area (Å²) < 4.78 is 42.3. The summed E-state index contributed by atoms with van der Waals surface area (Å²) in [7, 11) is 0. The van der Waals surface area contributed by atoms with Crippen molar-refractivity contribution >= 4 is 21.4 Å². The molecule has 24 heavy (non-hydrogen) atoms. The molecule has 0 saturated heterocycles. The molecule has 0 radical (unpaired) electrons. The van der Waals surface area contributed by atoms with Crippen molar-refractivity contribution < 1.29 is 23.0 Å². The number of anilines is 1. The molecule has 0 saturated carbocycles. The van der Waals surface area contributed by atoms with Gasteiger partial charge in [-0.2, -0.15) is 0 Å². The van der Waals surface area contributed by atoms with Crippen LogP contribution in [0.5, 0.6) is 5.75 Å². The van der Waals surface area contributed by atoms with Crippen LogP contribution >= 0.6 is 11.3 Å². The summed E-state index contributed by atoms with van der Waals surface area (Å²) in [5, 5.41) is 16.7. The van der Waals surface area contributed by atoms with Crippen LogP contribution in [0, 0.1) is 0 Å². The van der Waals surface area contributed by atoms with Crippen LogP contribution in [0.1, 0.15) is 6.42 Å². The second-order valence-corrected chi connectivity index (χ2v) is 5.80. The van der Waals surface area contributed by atoms with Crippen LogP contribution in [0.25, 0.3) is 16.2 Å². The van der Waals surface area contributed by atoms with Gasteiger partial charge >= 0.3 is 6.36 Å². The zero-order valence-electron chi connectivity index (χ0n) is 12.2. The fourth-order valence-electron chi connectivity index (χ4n) is 2.04. The molecule has 0 atom stereocenters. The standard InChI is InChI=1S/C14H13F3N4O2S/c15-14(16,17)23-10-4-1-3-9(7-10)11-8-21-13(19-11)24-12(20-21)18-5-2-6-22/h1,3-4,7-8,22H,2,5-6H2,(H,18,20). The molecular weight excluding hydrogens is 345 g/mol. The molecule has 0 bridgehead atoms. The number of benzene rings is 1. The number of nitrogens with one attached hydrogen (secondary N) is 1. The quantitative estimate of drug-likeness (QED) is 0.663. The summed E-state index contributed by atoms with van der Waals surface area (Å²) >= 11 is 1.31. The lowest BCUT2D eigenvalue weighted by Gasteiger charge is -2.09. The van der Waals surface area contributed by atoms with Gasteiger partial charge in [-0.25, -0.2) is 9.50 Å². The molecule has 128 valence electrons. The second-order valence-electron chi connectivity index (χ2n) is 4.84. The monoisotopic (exact) mass is 358 g/mol. The third-order valence-corrected chi connectivity index (χ3v) is 3.90. The lowest BCUT2D eigenvalue weighted by Crippen LogP contribution is -2.17. The van der Waals surface area contributed by atoms with E-state index in [1.54, 1.807) is 16.8 Å². The molecule has 0 amide bonds. The van der Waals surface area contributed by atoms with Gasteiger partial charge in [0.25, 0.3) is 0 Å². The molecule has 0 unspecified atom stereocenters. The van der Waals surface area contributed by atoms with Crippen LogP contribution in [-0.4, -0.2) is 39.2 Å². The van der Waals surface area contributed by atoms with Crippen LogP contribution < -0.4 is 10.1 Å². The molecule has 0 aliphatic carbocycles. The molecule has 2 aromatic heterocycles. The topological polar surface area (TPSA) is 71.7 Å². The fourth-order valence-corrected chi connectivity index (χ4v) is 2.84. The van der Waals surface area contributed by atoms with E-state index >= 15 is 0 Å². The average Bonchev–Trinajstić information content (AvgIpc) is 3.04. The molecule has 3 rings (SSSR count). The number of rotatable bonds is 6. The van der Waals surface area contributed by atoms with E-state index in [9.17, 15) is 13.2 Å². The lowest BCUT2D eigenvalue weighted by atomic mass is 10.1. The van der Waals surface area contributed by atoms with Gasteiger partial charge in [-0.1, -0.05) is 23.5 Å². The van der Waals surface area contributed by atoms with Crippen molar-refractivity contribution in [2.75, 3.05) is 18.5 Å². The average molecular weight is 358 g/mol. The Balaban J connectivity index is 1.79. The Kier molecular flexibility index (Phi) is 4.58. The van der Waals surface area contributed by atoms with E-state index in [4.69, 9.17) is 5.11 Å². The van der Waals surface area contributed by atoms with Crippen molar-refractivity contribution in [2.24, 2.45) is 0 Å². The number of ether oxygens (including phenoxy) is 1. The molecule has 1 aromatic carbocycles. The highest BCUT2D eigenvalue weighted by Gasteiger charge is 2.31. The first-order valence-electron chi connectivity index (χ1n) is 7.02. The maximum absolute atomic E-state index is 12.3. The highest BCUT2D eigenvalue weighted by Crippen LogP contribution is 2.29. The van der Waals surface area contributed by atoms with Gasteiger partial charge in [0.1, 0.15) is 5.75 Å². The highest BCUT2D eigenvalue weighted by atomic mass is 32.1. The smallest absolute Gasteiger partial charge is 0.406 e. The first kappa shape index (κ1) is 16.5. The van der Waals surface area contributed by atoms with Gasteiger partial charge in [0, 0.05) is 18.7 Å². The summed E-state index contributed by atoms with van der Waals surface area (Å²) in [5.74, 6) is -0.296. The number of halogens is 3. The minimum atomic E-state index is -4.73. The maximum atomic E-state index is 12.3. The zero-order valence-corrected chi connectivity index (χ0v) is 13.1. The molecule has 2 heterocycles. The third kappa shape index (κ3) is 3.95. The van der Waals surface area contributed by atoms with Crippen molar-refractivity contribution in [3.05, 3.63) is 30.5 Å². The number of hydrogen-bond donors (Lipinski definition) is 2. The summed E-state index contributed by atoms with van der Waals surface area (Å²) in [6, 6.07) is 5.63. The molecule has 6 nitrogen and oxygen atoms in total. The van der Waals surface area contributed by atoms with Gasteiger partial charge in [-0.05, 0) is 18.6 Å². The summed E-state index contributed by atoms with van der Waals surface area (Å²) in [4.78, 5) is 4.97. The number of fused-ring (bicyclic) bond motifs is 1. The second kappa shape index (κ2) is 6.65. The number of nitrogens with zero attached hydrogens (tertiary/aromatic N) is 3. The Bertz CT molecular complexity index is 799. The van der Waals surface area contributed by atoms with Crippen molar-refractivity contribution in [1.82, 2.24) is 14.6 Å². The predicted molar refractivity (Wildman–Crippen MR) is 83.2 cm³/mol. The molecule has 3 aromatic rings. The van der Waals surface area contributed by atoms with Crippen molar-refractivity contribution in [1.29, 1.82) is 0 Å². The Labute approximate surface area is 138 Å². The highest BCUT2D eigenvalue weighted by molar-refractivity contribution is 7.20. The Morgan fingerprint density at radius 1 is 1.33 bits per heavy atom. The SMILES string of the molecule is OCCCNc1nn2cc(-c3cccc(OC(F)(F)F)c3)nc2s1. The number of aromatic nitrogens is 3. The Hall–Kier alpha value is -2.33. The predicted octanol–water partition coefficient (Wildman–Crippen LogP) is 3.15. The van der Waals surface area contributed by atoms with Crippen LogP contribution in [0.15, 0.2) is 30.5 Å². The van der Waals surface area contributed by atoms with E-state index in [1.165, 1.54) is 29.5 Å². The molecule has 0 spiro atoms. The van der Waals surface area contributed by atoms with Crippen LogP contribution in [0.4, 0.5) is 18.3 Å². The van der Waals surface area contributed by atoms with E-state index < -0.39 is 6.36 Å². The van der Waals surface area contributed by atoms with Crippen molar-refractivity contribution in [3.63, 3.8) is 0 Å². The molecule has 0 aliphatic heterocycles. The first-order valence-corrected chi connectivity index (χ1v) is 7.83. The van der Waals surface area contributed by atoms with E-state index in [0.29, 0.717) is 34.3 Å². The van der Waals surface area contributed by atoms with Gasteiger partial charge in [-0.15, -0.1) is 18.3 Å². The van der Waals surface area contributed by atoms with Gasteiger partial charge in [0.05, 0.1) is 11.9 Å². The van der Waals surface area contributed by atoms with Gasteiger partial charge in [-0.3, -0.25) is 0 Å². The van der Waals surface area contributed by atoms with Crippen molar-refractivity contribution in [2.45, 2.75) is 12.8 Å². The first-order chi connectivity index (χ1) is 11.4. The number of aliphatic hydroxyl groups excluding tert-OH is 1. The number of aliphatic hydroxyl groups is 1. The molecule has 0 aliphatic rings. The third-order valence-electron chi connectivity index (χ3n) is 3.02. The fraction of sp³-hybridized carbons (Fsp3) is 0.286. The Morgan fingerprint density at radius 3 is 2.88 bits per heavy atom. The largest absolute Gasteiger partial charge is 0.573 e. The summed E-state index contributed by atoms with van der Waals surface area (Å²) in [6.07, 6.45) is -2.49. The van der Waals surface area contributed by atoms with E-state index in [-0.39, 0.29) is 12.4 Å². The number of alkyl halides is 3.